The van der Waals surface area contributed by atoms with Crippen molar-refractivity contribution in [3.63, 3.8) is 0 Å². The van der Waals surface area contributed by atoms with Crippen molar-refractivity contribution in [1.82, 2.24) is 0 Å². The van der Waals surface area contributed by atoms with E-state index < -0.39 is 5.97 Å². The van der Waals surface area contributed by atoms with Gasteiger partial charge in [-0.2, -0.15) is 0 Å². The zero-order valence-electron chi connectivity index (χ0n) is 14.3. The van der Waals surface area contributed by atoms with Crippen LogP contribution in [0.4, 0.5) is 0 Å². The monoisotopic (exact) mass is 306 g/mol. The van der Waals surface area contributed by atoms with Gasteiger partial charge in [-0.05, 0) is 18.4 Å². The fraction of sp³-hybridized carbons (Fsp3) is 0.684. The molecule has 0 unspecified atom stereocenters. The molecule has 124 valence electrons. The summed E-state index contributed by atoms with van der Waals surface area (Å²) in [7, 11) is 0. The number of pyridine rings is 1. The Kier molecular flexibility index (Phi) is 9.52. The van der Waals surface area contributed by atoms with Crippen LogP contribution in [-0.2, 0) is 24.2 Å². The minimum atomic E-state index is -0.752. The van der Waals surface area contributed by atoms with E-state index in [-0.39, 0.29) is 6.42 Å². The molecular weight excluding hydrogens is 274 g/mol. The molecule has 1 rings (SSSR count). The maximum absolute atomic E-state index is 11.0. The fourth-order valence-electron chi connectivity index (χ4n) is 2.79. The van der Waals surface area contributed by atoms with Gasteiger partial charge < -0.3 is 5.11 Å². The van der Waals surface area contributed by atoms with E-state index in [0.29, 0.717) is 0 Å². The summed E-state index contributed by atoms with van der Waals surface area (Å²) in [6, 6.07) is 4.15. The minimum Gasteiger partial charge on any atom is -0.481 e. The first-order chi connectivity index (χ1) is 10.7. The lowest BCUT2D eigenvalue weighted by Crippen LogP contribution is -2.39. The second-order valence-electron chi connectivity index (χ2n) is 6.12. The van der Waals surface area contributed by atoms with Crippen molar-refractivity contribution in [2.24, 2.45) is 0 Å². The number of carboxylic acid groups (broad SMARTS) is 1. The topological polar surface area (TPSA) is 41.2 Å². The second-order valence-corrected chi connectivity index (χ2v) is 6.12. The SMILES string of the molecule is CCCCCCCCCC[n+]1ccc(CC)cc1CC(=O)O. The summed E-state index contributed by atoms with van der Waals surface area (Å²) >= 11 is 0. The maximum atomic E-state index is 11.0. The van der Waals surface area contributed by atoms with Gasteiger partial charge >= 0.3 is 5.97 Å². The summed E-state index contributed by atoms with van der Waals surface area (Å²) in [5.74, 6) is -0.752. The quantitative estimate of drug-likeness (QED) is 0.462. The average molecular weight is 306 g/mol. The van der Waals surface area contributed by atoms with E-state index in [4.69, 9.17) is 5.11 Å². The maximum Gasteiger partial charge on any atom is 0.314 e. The van der Waals surface area contributed by atoms with Crippen LogP contribution in [0.3, 0.4) is 0 Å². The van der Waals surface area contributed by atoms with Crippen molar-refractivity contribution >= 4 is 5.97 Å². The Morgan fingerprint density at radius 1 is 1.05 bits per heavy atom. The van der Waals surface area contributed by atoms with Crippen molar-refractivity contribution in [3.05, 3.63) is 29.6 Å². The van der Waals surface area contributed by atoms with E-state index in [1.165, 1.54) is 50.5 Å². The third-order valence-electron chi connectivity index (χ3n) is 4.18. The molecule has 0 saturated heterocycles. The number of aliphatic carboxylic acids is 1. The van der Waals surface area contributed by atoms with Gasteiger partial charge in [0.15, 0.2) is 11.9 Å². The fourth-order valence-corrected chi connectivity index (χ4v) is 2.79. The Morgan fingerprint density at radius 3 is 2.27 bits per heavy atom. The Bertz CT molecular complexity index is 443. The van der Waals surface area contributed by atoms with Gasteiger partial charge in [0, 0.05) is 18.6 Å². The molecule has 1 aromatic heterocycles. The van der Waals surface area contributed by atoms with E-state index in [2.05, 4.69) is 30.7 Å². The van der Waals surface area contributed by atoms with E-state index >= 15 is 0 Å². The number of aryl methyl sites for hydroxylation is 2. The highest BCUT2D eigenvalue weighted by molar-refractivity contribution is 5.69. The van der Waals surface area contributed by atoms with Crippen molar-refractivity contribution in [2.75, 3.05) is 0 Å². The molecule has 1 N–H and O–H groups in total. The molecule has 3 heteroatoms. The Hall–Kier alpha value is -1.38. The Morgan fingerprint density at radius 2 is 1.68 bits per heavy atom. The van der Waals surface area contributed by atoms with E-state index in [0.717, 1.165) is 25.1 Å². The van der Waals surface area contributed by atoms with Gasteiger partial charge in [0.05, 0.1) is 0 Å². The summed E-state index contributed by atoms with van der Waals surface area (Å²) in [6.45, 7) is 5.28. The molecule has 0 amide bonds. The number of carboxylic acids is 1. The lowest BCUT2D eigenvalue weighted by atomic mass is 10.1. The molecule has 1 aromatic rings. The zero-order valence-corrected chi connectivity index (χ0v) is 14.3. The summed E-state index contributed by atoms with van der Waals surface area (Å²) in [6.07, 6.45) is 13.5. The van der Waals surface area contributed by atoms with Crippen LogP contribution in [0.15, 0.2) is 18.3 Å². The lowest BCUT2D eigenvalue weighted by molar-refractivity contribution is -0.704. The van der Waals surface area contributed by atoms with Crippen molar-refractivity contribution in [2.45, 2.75) is 84.6 Å². The van der Waals surface area contributed by atoms with Crippen LogP contribution in [0.1, 0.15) is 76.5 Å². The molecular formula is C19H32NO2+. The standard InChI is InChI=1S/C19H31NO2/c1-3-5-6-7-8-9-10-11-13-20-14-12-17(4-2)15-18(20)16-19(21)22/h12,14-15H,3-11,13,16H2,1-2H3/p+1. The highest BCUT2D eigenvalue weighted by Crippen LogP contribution is 2.09. The first-order valence-corrected chi connectivity index (χ1v) is 8.90. The zero-order chi connectivity index (χ0) is 16.2. The number of hydrogen-bond donors (Lipinski definition) is 1. The molecule has 0 spiro atoms. The van der Waals surface area contributed by atoms with E-state index in [9.17, 15) is 4.79 Å². The highest BCUT2D eigenvalue weighted by atomic mass is 16.4. The number of nitrogens with zero attached hydrogens (tertiary/aromatic N) is 1. The predicted octanol–water partition coefficient (Wildman–Crippen LogP) is 4.30. The molecule has 0 atom stereocenters. The third-order valence-corrected chi connectivity index (χ3v) is 4.18. The first-order valence-electron chi connectivity index (χ1n) is 8.90. The van der Waals surface area contributed by atoms with Gasteiger partial charge in [0.2, 0.25) is 0 Å². The van der Waals surface area contributed by atoms with Gasteiger partial charge in [-0.1, -0.05) is 52.4 Å². The van der Waals surface area contributed by atoms with Gasteiger partial charge in [-0.25, -0.2) is 4.57 Å². The van der Waals surface area contributed by atoms with Crippen molar-refractivity contribution in [1.29, 1.82) is 0 Å². The molecule has 0 bridgehead atoms. The average Bonchev–Trinajstić information content (AvgIpc) is 2.50. The summed E-state index contributed by atoms with van der Waals surface area (Å²) < 4.78 is 2.12. The Balaban J connectivity index is 2.36. The van der Waals surface area contributed by atoms with E-state index in [1.54, 1.807) is 0 Å². The number of rotatable bonds is 12. The van der Waals surface area contributed by atoms with Crippen LogP contribution in [-0.4, -0.2) is 11.1 Å². The summed E-state index contributed by atoms with van der Waals surface area (Å²) in [5, 5.41) is 9.05. The number of hydrogen-bond acceptors (Lipinski definition) is 1. The normalized spacial score (nSPS) is 10.8. The van der Waals surface area contributed by atoms with Gasteiger partial charge in [-0.3, -0.25) is 4.79 Å². The molecule has 0 aliphatic heterocycles. The van der Waals surface area contributed by atoms with Crippen LogP contribution in [0, 0.1) is 0 Å². The number of carbonyl (C=O) groups is 1. The van der Waals surface area contributed by atoms with Crippen molar-refractivity contribution in [3.8, 4) is 0 Å². The molecule has 0 radical (unpaired) electrons. The minimum absolute atomic E-state index is 0.116. The Labute approximate surface area is 135 Å². The molecule has 0 aliphatic carbocycles. The van der Waals surface area contributed by atoms with Crippen LogP contribution in [0.2, 0.25) is 0 Å². The molecule has 3 nitrogen and oxygen atoms in total. The van der Waals surface area contributed by atoms with Crippen LogP contribution in [0.25, 0.3) is 0 Å². The van der Waals surface area contributed by atoms with Gasteiger partial charge in [0.25, 0.3) is 0 Å². The first kappa shape index (κ1) is 18.7. The van der Waals surface area contributed by atoms with Crippen molar-refractivity contribution < 1.29 is 14.5 Å². The van der Waals surface area contributed by atoms with E-state index in [1.807, 2.05) is 6.07 Å². The van der Waals surface area contributed by atoms with Crippen LogP contribution < -0.4 is 4.57 Å². The molecule has 0 aromatic carbocycles. The molecule has 22 heavy (non-hydrogen) atoms. The van der Waals surface area contributed by atoms with Crippen LogP contribution in [0.5, 0.6) is 0 Å². The molecule has 1 heterocycles. The largest absolute Gasteiger partial charge is 0.481 e. The summed E-state index contributed by atoms with van der Waals surface area (Å²) in [5.41, 5.74) is 2.14. The van der Waals surface area contributed by atoms with Crippen LogP contribution >= 0.6 is 0 Å². The highest BCUT2D eigenvalue weighted by Gasteiger charge is 2.14. The second kappa shape index (κ2) is 11.2. The summed E-state index contributed by atoms with van der Waals surface area (Å²) in [4.78, 5) is 11.0. The smallest absolute Gasteiger partial charge is 0.314 e. The molecule has 0 fully saturated rings. The van der Waals surface area contributed by atoms with Gasteiger partial charge in [-0.15, -0.1) is 0 Å². The predicted molar refractivity (Wildman–Crippen MR) is 90.0 cm³/mol. The number of unbranched alkanes of at least 4 members (excludes halogenated alkanes) is 7. The molecule has 0 saturated carbocycles. The number of aromatic nitrogens is 1. The molecule has 0 aliphatic rings. The lowest BCUT2D eigenvalue weighted by Gasteiger charge is -2.05. The third kappa shape index (κ3) is 7.58. The van der Waals surface area contributed by atoms with Gasteiger partial charge in [0.1, 0.15) is 13.0 Å².